The summed E-state index contributed by atoms with van der Waals surface area (Å²) in [5.41, 5.74) is 10.3. The monoisotopic (exact) mass is 320 g/mol. The van der Waals surface area contributed by atoms with Crippen LogP contribution in [0.1, 0.15) is 13.3 Å². The highest BCUT2D eigenvalue weighted by molar-refractivity contribution is 5.94. The van der Waals surface area contributed by atoms with Gasteiger partial charge in [-0.2, -0.15) is 0 Å². The Hall–Kier alpha value is -2.24. The third-order valence-electron chi connectivity index (χ3n) is 2.66. The molecule has 0 aromatic carbocycles. The Morgan fingerprint density at radius 1 is 1.09 bits per heavy atom. The molecule has 0 heterocycles. The number of amides is 3. The highest BCUT2D eigenvalue weighted by Gasteiger charge is 2.29. The highest BCUT2D eigenvalue weighted by atomic mass is 16.4. The quantitative estimate of drug-likeness (QED) is 0.220. The summed E-state index contributed by atoms with van der Waals surface area (Å²) in [5, 5.41) is 30.8. The molecule has 0 aliphatic carbocycles. The Balaban J connectivity index is 4.97. The molecule has 0 aromatic heterocycles. The number of aliphatic carboxylic acids is 1. The predicted molar refractivity (Wildman–Crippen MR) is 72.1 cm³/mol. The van der Waals surface area contributed by atoms with Gasteiger partial charge in [-0.05, 0) is 6.92 Å². The van der Waals surface area contributed by atoms with E-state index in [2.05, 4.69) is 5.32 Å². The van der Waals surface area contributed by atoms with Gasteiger partial charge in [0.05, 0.1) is 19.1 Å². The van der Waals surface area contributed by atoms with E-state index in [1.807, 2.05) is 5.32 Å². The molecule has 126 valence electrons. The van der Waals surface area contributed by atoms with Crippen molar-refractivity contribution in [3.63, 3.8) is 0 Å². The second-order valence-electron chi connectivity index (χ2n) is 4.58. The Kier molecular flexibility index (Phi) is 8.01. The molecular formula is C11H20N4O7. The minimum absolute atomic E-state index is 0.609. The number of hydrogen-bond acceptors (Lipinski definition) is 7. The molecule has 11 heteroatoms. The maximum absolute atomic E-state index is 11.9. The van der Waals surface area contributed by atoms with Crippen molar-refractivity contribution in [2.24, 2.45) is 11.5 Å². The smallest absolute Gasteiger partial charge is 0.328 e. The van der Waals surface area contributed by atoms with E-state index in [1.54, 1.807) is 0 Å². The van der Waals surface area contributed by atoms with Gasteiger partial charge in [0.1, 0.15) is 18.1 Å². The summed E-state index contributed by atoms with van der Waals surface area (Å²) >= 11 is 0. The molecule has 9 N–H and O–H groups in total. The zero-order chi connectivity index (χ0) is 17.4. The van der Waals surface area contributed by atoms with Crippen molar-refractivity contribution in [1.82, 2.24) is 10.6 Å². The zero-order valence-corrected chi connectivity index (χ0v) is 11.9. The number of nitrogens with two attached hydrogens (primary N) is 2. The van der Waals surface area contributed by atoms with E-state index in [9.17, 15) is 24.3 Å². The molecular weight excluding hydrogens is 300 g/mol. The Morgan fingerprint density at radius 2 is 1.59 bits per heavy atom. The minimum atomic E-state index is -1.61. The van der Waals surface area contributed by atoms with Gasteiger partial charge in [0, 0.05) is 0 Å². The largest absolute Gasteiger partial charge is 0.480 e. The number of primary amides is 1. The number of carbonyl (C=O) groups is 4. The fourth-order valence-corrected chi connectivity index (χ4v) is 1.36. The van der Waals surface area contributed by atoms with E-state index in [4.69, 9.17) is 21.7 Å². The van der Waals surface area contributed by atoms with Gasteiger partial charge in [-0.25, -0.2) is 4.79 Å². The van der Waals surface area contributed by atoms with E-state index in [1.165, 1.54) is 6.92 Å². The van der Waals surface area contributed by atoms with Gasteiger partial charge in [0.15, 0.2) is 0 Å². The van der Waals surface area contributed by atoms with Crippen LogP contribution in [0.3, 0.4) is 0 Å². The van der Waals surface area contributed by atoms with Crippen LogP contribution in [0, 0.1) is 0 Å². The van der Waals surface area contributed by atoms with E-state index < -0.39 is 60.9 Å². The van der Waals surface area contributed by atoms with Gasteiger partial charge in [0.2, 0.25) is 17.7 Å². The summed E-state index contributed by atoms with van der Waals surface area (Å²) in [6.45, 7) is 0.366. The van der Waals surface area contributed by atoms with Crippen LogP contribution >= 0.6 is 0 Å². The summed E-state index contributed by atoms with van der Waals surface area (Å²) in [5.74, 6) is -4.39. The van der Waals surface area contributed by atoms with Crippen LogP contribution in [0.5, 0.6) is 0 Å². The van der Waals surface area contributed by atoms with Crippen molar-refractivity contribution in [3.05, 3.63) is 0 Å². The molecule has 0 rings (SSSR count). The van der Waals surface area contributed by atoms with Crippen LogP contribution in [0.4, 0.5) is 0 Å². The van der Waals surface area contributed by atoms with Crippen LogP contribution in [0.15, 0.2) is 0 Å². The molecule has 22 heavy (non-hydrogen) atoms. The standard InChI is InChI=1S/C11H20N4O7/c1-4(17)8(13)10(20)14-5(2-7(12)18)9(19)15-6(3-16)11(21)22/h4-6,8,16-17H,2-3,13H2,1H3,(H2,12,18)(H,14,20)(H,15,19)(H,21,22). The first-order valence-corrected chi connectivity index (χ1v) is 6.26. The maximum Gasteiger partial charge on any atom is 0.328 e. The molecule has 0 aliphatic rings. The first kappa shape index (κ1) is 19.8. The number of carboxylic acids is 1. The molecule has 4 unspecified atom stereocenters. The molecule has 0 radical (unpaired) electrons. The third kappa shape index (κ3) is 6.47. The van der Waals surface area contributed by atoms with Gasteiger partial charge < -0.3 is 37.4 Å². The maximum atomic E-state index is 11.9. The molecule has 0 bridgehead atoms. The zero-order valence-electron chi connectivity index (χ0n) is 11.9. The molecule has 0 spiro atoms. The fraction of sp³-hybridized carbons (Fsp3) is 0.636. The van der Waals surface area contributed by atoms with Crippen molar-refractivity contribution >= 4 is 23.7 Å². The summed E-state index contributed by atoms with van der Waals surface area (Å²) in [7, 11) is 0. The lowest BCUT2D eigenvalue weighted by Gasteiger charge is -2.22. The fourth-order valence-electron chi connectivity index (χ4n) is 1.36. The lowest BCUT2D eigenvalue weighted by atomic mass is 10.1. The number of carboxylic acid groups (broad SMARTS) is 1. The van der Waals surface area contributed by atoms with Gasteiger partial charge in [-0.15, -0.1) is 0 Å². The van der Waals surface area contributed by atoms with Crippen molar-refractivity contribution in [2.45, 2.75) is 37.6 Å². The Bertz CT molecular complexity index is 440. The molecule has 3 amide bonds. The summed E-state index contributed by atoms with van der Waals surface area (Å²) in [6.07, 6.45) is -1.82. The van der Waals surface area contributed by atoms with Crippen LogP contribution in [0.2, 0.25) is 0 Å². The van der Waals surface area contributed by atoms with Crippen LogP contribution in [0.25, 0.3) is 0 Å². The normalized spacial score (nSPS) is 16.0. The van der Waals surface area contributed by atoms with Crippen LogP contribution in [-0.2, 0) is 19.2 Å². The number of aliphatic hydroxyl groups is 2. The second kappa shape index (κ2) is 8.92. The average molecular weight is 320 g/mol. The minimum Gasteiger partial charge on any atom is -0.480 e. The van der Waals surface area contributed by atoms with Crippen molar-refractivity contribution < 1.29 is 34.5 Å². The van der Waals surface area contributed by atoms with Crippen molar-refractivity contribution in [2.75, 3.05) is 6.61 Å². The van der Waals surface area contributed by atoms with Gasteiger partial charge in [-0.1, -0.05) is 0 Å². The first-order chi connectivity index (χ1) is 10.1. The molecule has 0 saturated heterocycles. The van der Waals surface area contributed by atoms with E-state index in [-0.39, 0.29) is 0 Å². The van der Waals surface area contributed by atoms with Crippen molar-refractivity contribution in [1.29, 1.82) is 0 Å². The number of nitrogens with one attached hydrogen (secondary N) is 2. The summed E-state index contributed by atoms with van der Waals surface area (Å²) in [6, 6.07) is -4.44. The second-order valence-corrected chi connectivity index (χ2v) is 4.58. The molecule has 0 aliphatic heterocycles. The topological polar surface area (TPSA) is 205 Å². The van der Waals surface area contributed by atoms with Gasteiger partial charge in [0.25, 0.3) is 0 Å². The lowest BCUT2D eigenvalue weighted by Crippen LogP contribution is -2.57. The molecule has 0 aromatic rings. The number of rotatable bonds is 9. The van der Waals surface area contributed by atoms with Crippen molar-refractivity contribution in [3.8, 4) is 0 Å². The molecule has 11 nitrogen and oxygen atoms in total. The third-order valence-corrected chi connectivity index (χ3v) is 2.66. The van der Waals surface area contributed by atoms with Crippen LogP contribution < -0.4 is 22.1 Å². The molecule has 0 fully saturated rings. The van der Waals surface area contributed by atoms with Crippen LogP contribution in [-0.4, -0.2) is 69.8 Å². The van der Waals surface area contributed by atoms with Gasteiger partial charge >= 0.3 is 5.97 Å². The summed E-state index contributed by atoms with van der Waals surface area (Å²) in [4.78, 5) is 45.2. The summed E-state index contributed by atoms with van der Waals surface area (Å²) < 4.78 is 0. The Morgan fingerprint density at radius 3 is 1.95 bits per heavy atom. The average Bonchev–Trinajstić information content (AvgIpc) is 2.41. The number of aliphatic hydroxyl groups excluding tert-OH is 2. The number of carbonyl (C=O) groups excluding carboxylic acids is 3. The molecule has 0 saturated carbocycles. The Labute approximate surface area is 125 Å². The van der Waals surface area contributed by atoms with E-state index in [0.717, 1.165) is 0 Å². The first-order valence-electron chi connectivity index (χ1n) is 6.26. The van der Waals surface area contributed by atoms with Gasteiger partial charge in [-0.3, -0.25) is 14.4 Å². The number of hydrogen-bond donors (Lipinski definition) is 7. The lowest BCUT2D eigenvalue weighted by molar-refractivity contribution is -0.143. The van der Waals surface area contributed by atoms with E-state index >= 15 is 0 Å². The highest BCUT2D eigenvalue weighted by Crippen LogP contribution is 1.97. The predicted octanol–water partition coefficient (Wildman–Crippen LogP) is -4.38. The van der Waals surface area contributed by atoms with E-state index in [0.29, 0.717) is 0 Å². The molecule has 4 atom stereocenters. The SMILES string of the molecule is CC(O)C(N)C(=O)NC(CC(N)=O)C(=O)NC(CO)C(=O)O.